The number of rotatable bonds is 6. The van der Waals surface area contributed by atoms with Crippen molar-refractivity contribution in [2.24, 2.45) is 0 Å². The number of benzene rings is 1. The topological polar surface area (TPSA) is 42.0 Å². The Morgan fingerprint density at radius 1 is 1.18 bits per heavy atom. The highest BCUT2D eigenvalue weighted by atomic mass is 32.2. The van der Waals surface area contributed by atoms with Crippen LogP contribution in [0.3, 0.4) is 0 Å². The summed E-state index contributed by atoms with van der Waals surface area (Å²) < 4.78 is 0. The molecule has 0 unspecified atom stereocenters. The second kappa shape index (κ2) is 7.42. The van der Waals surface area contributed by atoms with Crippen LogP contribution in [0.15, 0.2) is 54.0 Å². The molecule has 3 aromatic rings. The third-order valence-corrected chi connectivity index (χ3v) is 5.30. The molecule has 0 saturated heterocycles. The van der Waals surface area contributed by atoms with Crippen molar-refractivity contribution in [1.29, 1.82) is 0 Å². The highest BCUT2D eigenvalue weighted by molar-refractivity contribution is 7.98. The molecular weight excluding hydrogens is 312 g/mol. The minimum Gasteiger partial charge on any atom is -0.351 e. The van der Waals surface area contributed by atoms with E-state index in [4.69, 9.17) is 0 Å². The Labute approximate surface area is 137 Å². The zero-order valence-corrected chi connectivity index (χ0v) is 13.6. The SMILES string of the molecule is O=C(NCCSCc1cccs1)c1cccc2cccnc12. The van der Waals surface area contributed by atoms with Gasteiger partial charge in [0.25, 0.3) is 5.91 Å². The Morgan fingerprint density at radius 3 is 2.95 bits per heavy atom. The number of nitrogens with one attached hydrogen (secondary N) is 1. The van der Waals surface area contributed by atoms with Gasteiger partial charge < -0.3 is 5.32 Å². The summed E-state index contributed by atoms with van der Waals surface area (Å²) in [5.74, 6) is 1.85. The van der Waals surface area contributed by atoms with Gasteiger partial charge in [0.15, 0.2) is 0 Å². The standard InChI is InChI=1S/C17H16N2OS2/c20-17(19-9-11-21-12-14-6-3-10-22-14)15-7-1-4-13-5-2-8-18-16(13)15/h1-8,10H,9,11-12H2,(H,19,20). The Kier molecular flexibility index (Phi) is 5.08. The lowest BCUT2D eigenvalue weighted by atomic mass is 10.1. The summed E-state index contributed by atoms with van der Waals surface area (Å²) in [6, 6.07) is 13.7. The monoisotopic (exact) mass is 328 g/mol. The second-order valence-electron chi connectivity index (χ2n) is 4.77. The normalized spacial score (nSPS) is 10.7. The van der Waals surface area contributed by atoms with Crippen LogP contribution in [0.4, 0.5) is 0 Å². The maximum Gasteiger partial charge on any atom is 0.253 e. The van der Waals surface area contributed by atoms with E-state index >= 15 is 0 Å². The zero-order valence-electron chi connectivity index (χ0n) is 12.0. The molecule has 0 aliphatic carbocycles. The number of aromatic nitrogens is 1. The van der Waals surface area contributed by atoms with Gasteiger partial charge in [-0.1, -0.05) is 24.3 Å². The zero-order chi connectivity index (χ0) is 15.2. The highest BCUT2D eigenvalue weighted by Crippen LogP contribution is 2.17. The fourth-order valence-corrected chi connectivity index (χ4v) is 3.89. The third-order valence-electron chi connectivity index (χ3n) is 3.23. The van der Waals surface area contributed by atoms with Gasteiger partial charge in [0, 0.05) is 34.5 Å². The number of nitrogens with zero attached hydrogens (tertiary/aromatic N) is 1. The minimum absolute atomic E-state index is 0.0546. The summed E-state index contributed by atoms with van der Waals surface area (Å²) in [5, 5.41) is 6.05. The number of carbonyl (C=O) groups is 1. The van der Waals surface area contributed by atoms with Crippen LogP contribution >= 0.6 is 23.1 Å². The van der Waals surface area contributed by atoms with E-state index in [-0.39, 0.29) is 5.91 Å². The first-order chi connectivity index (χ1) is 10.8. The van der Waals surface area contributed by atoms with Crippen molar-refractivity contribution in [2.45, 2.75) is 5.75 Å². The Bertz CT molecular complexity index is 751. The van der Waals surface area contributed by atoms with Crippen LogP contribution in [-0.4, -0.2) is 23.2 Å². The average Bonchev–Trinajstić information content (AvgIpc) is 3.07. The molecule has 0 saturated carbocycles. The Morgan fingerprint density at radius 2 is 2.09 bits per heavy atom. The fraction of sp³-hybridized carbons (Fsp3) is 0.176. The highest BCUT2D eigenvalue weighted by Gasteiger charge is 2.09. The first-order valence-electron chi connectivity index (χ1n) is 7.06. The van der Waals surface area contributed by atoms with Crippen LogP contribution in [0.1, 0.15) is 15.2 Å². The van der Waals surface area contributed by atoms with Crippen molar-refractivity contribution >= 4 is 39.9 Å². The van der Waals surface area contributed by atoms with Gasteiger partial charge in [-0.15, -0.1) is 11.3 Å². The lowest BCUT2D eigenvalue weighted by Crippen LogP contribution is -2.26. The maximum absolute atomic E-state index is 12.3. The van der Waals surface area contributed by atoms with E-state index in [1.54, 1.807) is 17.5 Å². The predicted octanol–water partition coefficient (Wildman–Crippen LogP) is 3.96. The van der Waals surface area contributed by atoms with Crippen molar-refractivity contribution in [1.82, 2.24) is 10.3 Å². The van der Waals surface area contributed by atoms with E-state index in [2.05, 4.69) is 27.8 Å². The van der Waals surface area contributed by atoms with Gasteiger partial charge >= 0.3 is 0 Å². The molecule has 0 aliphatic rings. The van der Waals surface area contributed by atoms with Gasteiger partial charge in [-0.3, -0.25) is 9.78 Å². The molecule has 0 aliphatic heterocycles. The summed E-state index contributed by atoms with van der Waals surface area (Å²) in [6.07, 6.45) is 1.72. The van der Waals surface area contributed by atoms with Gasteiger partial charge in [0.1, 0.15) is 0 Å². The number of para-hydroxylation sites is 1. The van der Waals surface area contributed by atoms with Gasteiger partial charge in [-0.2, -0.15) is 11.8 Å². The molecule has 3 rings (SSSR count). The van der Waals surface area contributed by atoms with Gasteiger partial charge in [-0.05, 0) is 23.6 Å². The molecule has 2 aromatic heterocycles. The predicted molar refractivity (Wildman–Crippen MR) is 94.6 cm³/mol. The molecule has 2 heterocycles. The lowest BCUT2D eigenvalue weighted by Gasteiger charge is -2.07. The van der Waals surface area contributed by atoms with Crippen LogP contribution in [0.25, 0.3) is 10.9 Å². The van der Waals surface area contributed by atoms with Crippen molar-refractivity contribution in [2.75, 3.05) is 12.3 Å². The molecule has 0 radical (unpaired) electrons. The van der Waals surface area contributed by atoms with E-state index in [0.29, 0.717) is 12.1 Å². The summed E-state index contributed by atoms with van der Waals surface area (Å²) in [4.78, 5) is 18.0. The van der Waals surface area contributed by atoms with E-state index in [9.17, 15) is 4.79 Å². The average molecular weight is 328 g/mol. The quantitative estimate of drug-likeness (QED) is 0.697. The maximum atomic E-state index is 12.3. The molecule has 0 spiro atoms. The van der Waals surface area contributed by atoms with Crippen LogP contribution in [-0.2, 0) is 5.75 Å². The van der Waals surface area contributed by atoms with E-state index in [0.717, 1.165) is 22.4 Å². The number of hydrogen-bond donors (Lipinski definition) is 1. The van der Waals surface area contributed by atoms with Gasteiger partial charge in [0.05, 0.1) is 11.1 Å². The minimum atomic E-state index is -0.0546. The molecule has 5 heteroatoms. The Hall–Kier alpha value is -1.85. The first-order valence-corrected chi connectivity index (χ1v) is 9.10. The van der Waals surface area contributed by atoms with Gasteiger partial charge in [0.2, 0.25) is 0 Å². The number of carbonyl (C=O) groups excluding carboxylic acids is 1. The molecule has 22 heavy (non-hydrogen) atoms. The third kappa shape index (κ3) is 3.67. The van der Waals surface area contributed by atoms with Crippen molar-refractivity contribution in [3.8, 4) is 0 Å². The number of pyridine rings is 1. The lowest BCUT2D eigenvalue weighted by molar-refractivity contribution is 0.0957. The fourth-order valence-electron chi connectivity index (χ4n) is 2.19. The summed E-state index contributed by atoms with van der Waals surface area (Å²) in [7, 11) is 0. The van der Waals surface area contributed by atoms with Crippen molar-refractivity contribution < 1.29 is 4.79 Å². The second-order valence-corrected chi connectivity index (χ2v) is 6.91. The van der Waals surface area contributed by atoms with Crippen molar-refractivity contribution in [3.63, 3.8) is 0 Å². The van der Waals surface area contributed by atoms with Crippen LogP contribution < -0.4 is 5.32 Å². The molecule has 112 valence electrons. The first kappa shape index (κ1) is 15.1. The van der Waals surface area contributed by atoms with Crippen molar-refractivity contribution in [3.05, 3.63) is 64.5 Å². The summed E-state index contributed by atoms with van der Waals surface area (Å²) in [6.45, 7) is 0.665. The summed E-state index contributed by atoms with van der Waals surface area (Å²) in [5.41, 5.74) is 1.40. The molecule has 0 fully saturated rings. The largest absolute Gasteiger partial charge is 0.351 e. The van der Waals surface area contributed by atoms with Crippen LogP contribution in [0.2, 0.25) is 0 Å². The molecular formula is C17H16N2OS2. The molecule has 0 bridgehead atoms. The van der Waals surface area contributed by atoms with E-state index in [1.807, 2.05) is 42.1 Å². The molecule has 3 nitrogen and oxygen atoms in total. The smallest absolute Gasteiger partial charge is 0.253 e. The Balaban J connectivity index is 1.53. The number of thioether (sulfide) groups is 1. The molecule has 0 atom stereocenters. The van der Waals surface area contributed by atoms with Crippen LogP contribution in [0.5, 0.6) is 0 Å². The molecule has 1 amide bonds. The summed E-state index contributed by atoms with van der Waals surface area (Å²) >= 11 is 3.60. The molecule has 1 N–H and O–H groups in total. The number of thiophene rings is 1. The van der Waals surface area contributed by atoms with Gasteiger partial charge in [-0.25, -0.2) is 0 Å². The number of hydrogen-bond acceptors (Lipinski definition) is 4. The number of fused-ring (bicyclic) bond motifs is 1. The van der Waals surface area contributed by atoms with E-state index in [1.165, 1.54) is 4.88 Å². The number of amides is 1. The van der Waals surface area contributed by atoms with Crippen LogP contribution in [0, 0.1) is 0 Å². The van der Waals surface area contributed by atoms with E-state index < -0.39 is 0 Å². The molecule has 1 aromatic carbocycles.